The fourth-order valence-corrected chi connectivity index (χ4v) is 11.2. The third-order valence-electron chi connectivity index (χ3n) is 14.5. The topological polar surface area (TPSA) is 69.5 Å². The van der Waals surface area contributed by atoms with E-state index in [0.717, 1.165) is 132 Å². The van der Waals surface area contributed by atoms with Gasteiger partial charge >= 0.3 is 5.97 Å². The molecular formula is C65H54N2O4. The third kappa shape index (κ3) is 8.58. The summed E-state index contributed by atoms with van der Waals surface area (Å²) >= 11 is 0. The van der Waals surface area contributed by atoms with Crippen LogP contribution in [0.3, 0.4) is 0 Å². The lowest BCUT2D eigenvalue weighted by Gasteiger charge is -2.27. The Morgan fingerprint density at radius 2 is 1.04 bits per heavy atom. The number of rotatable bonds is 5. The van der Waals surface area contributed by atoms with Gasteiger partial charge in [0.25, 0.3) is 0 Å². The molecule has 3 aliphatic rings. The number of hydrogen-bond acceptors (Lipinski definition) is 6. The van der Waals surface area contributed by atoms with Gasteiger partial charge in [0.2, 0.25) is 6.29 Å². The summed E-state index contributed by atoms with van der Waals surface area (Å²) in [5.74, 6) is 0.905. The fraction of sp³-hybridized carbons (Fsp3) is 0.185. The molecule has 1 aliphatic heterocycles. The number of esters is 1. The predicted molar refractivity (Wildman–Crippen MR) is 291 cm³/mol. The Bertz CT molecular complexity index is 3580. The molecule has 9 aromatic rings. The summed E-state index contributed by atoms with van der Waals surface area (Å²) < 4.78 is 20.8. The van der Waals surface area contributed by atoms with Gasteiger partial charge in [-0.15, -0.1) is 0 Å². The molecule has 0 radical (unpaired) electrons. The van der Waals surface area contributed by atoms with Crippen LogP contribution in [-0.2, 0) is 22.4 Å². The van der Waals surface area contributed by atoms with Gasteiger partial charge in [0.1, 0.15) is 11.5 Å². The summed E-state index contributed by atoms with van der Waals surface area (Å²) in [5, 5.41) is 6.53. The van der Waals surface area contributed by atoms with Gasteiger partial charge in [-0.2, -0.15) is 0 Å². The molecule has 12 rings (SSSR count). The Kier molecular flexibility index (Phi) is 12.0. The molecule has 0 N–H and O–H groups in total. The lowest BCUT2D eigenvalue weighted by molar-refractivity contribution is -0.162. The summed E-state index contributed by atoms with van der Waals surface area (Å²) in [5.41, 5.74) is 12.8. The summed E-state index contributed by atoms with van der Waals surface area (Å²) in [6.07, 6.45) is 13.4. The molecule has 3 atom stereocenters. The van der Waals surface area contributed by atoms with E-state index in [1.807, 2.05) is 12.4 Å². The monoisotopic (exact) mass is 926 g/mol. The van der Waals surface area contributed by atoms with E-state index in [-0.39, 0.29) is 25.1 Å². The van der Waals surface area contributed by atoms with Crippen molar-refractivity contribution in [3.63, 3.8) is 0 Å². The van der Waals surface area contributed by atoms with Crippen LogP contribution >= 0.6 is 0 Å². The molecule has 2 unspecified atom stereocenters. The SMILES string of the molecule is CC(=O)OC1CCOc2c(cc3ccccc3c2-c2c(-c3ccccc3)ccc3ccccc23)/C=N/C2CCCC[C@@H]2/N=C/c2cc3ccccc3c(-c3c(-c4ccccc4)ccc4c3CC=CC4)c2O1. The summed E-state index contributed by atoms with van der Waals surface area (Å²) in [6.45, 7) is 1.62. The summed E-state index contributed by atoms with van der Waals surface area (Å²) in [6, 6.07) is 60.1. The quantitative estimate of drug-likeness (QED) is 0.127. The molecule has 1 saturated carbocycles. The van der Waals surface area contributed by atoms with Crippen LogP contribution in [0.2, 0.25) is 0 Å². The van der Waals surface area contributed by atoms with Crippen LogP contribution < -0.4 is 9.47 Å². The molecule has 348 valence electrons. The number of benzene rings is 9. The van der Waals surface area contributed by atoms with Crippen molar-refractivity contribution in [2.75, 3.05) is 6.61 Å². The van der Waals surface area contributed by atoms with Crippen LogP contribution in [0.4, 0.5) is 0 Å². The van der Waals surface area contributed by atoms with Gasteiger partial charge in [0, 0.05) is 47.2 Å². The first-order valence-electron chi connectivity index (χ1n) is 25.1. The molecule has 9 aromatic carbocycles. The number of allylic oxidation sites excluding steroid dienone is 2. The first-order valence-corrected chi connectivity index (χ1v) is 25.1. The lowest BCUT2D eigenvalue weighted by atomic mass is 9.81. The molecule has 71 heavy (non-hydrogen) atoms. The van der Waals surface area contributed by atoms with Crippen molar-refractivity contribution in [1.29, 1.82) is 0 Å². The largest absolute Gasteiger partial charge is 0.492 e. The Balaban J connectivity index is 1.08. The minimum absolute atomic E-state index is 0.0546. The number of ether oxygens (including phenoxy) is 3. The van der Waals surface area contributed by atoms with E-state index in [2.05, 4.69) is 182 Å². The molecule has 1 heterocycles. The minimum Gasteiger partial charge on any atom is -0.492 e. The average Bonchev–Trinajstić information content (AvgIpc) is 3.42. The first kappa shape index (κ1) is 44.1. The van der Waals surface area contributed by atoms with Crippen molar-refractivity contribution < 1.29 is 19.0 Å². The number of fused-ring (bicyclic) bond motifs is 7. The fourth-order valence-electron chi connectivity index (χ4n) is 11.2. The maximum atomic E-state index is 13.3. The molecule has 6 heteroatoms. The van der Waals surface area contributed by atoms with Crippen LogP contribution in [0.25, 0.3) is 76.8 Å². The summed E-state index contributed by atoms with van der Waals surface area (Å²) in [4.78, 5) is 24.2. The van der Waals surface area contributed by atoms with Crippen LogP contribution in [-0.4, -0.2) is 43.4 Å². The van der Waals surface area contributed by atoms with Crippen molar-refractivity contribution in [1.82, 2.24) is 0 Å². The highest BCUT2D eigenvalue weighted by Gasteiger charge is 2.30. The van der Waals surface area contributed by atoms with Crippen molar-refractivity contribution in [3.8, 4) is 56.0 Å². The van der Waals surface area contributed by atoms with E-state index >= 15 is 0 Å². The van der Waals surface area contributed by atoms with E-state index in [4.69, 9.17) is 24.2 Å². The van der Waals surface area contributed by atoms with Gasteiger partial charge < -0.3 is 14.2 Å². The normalized spacial score (nSPS) is 18.6. The molecule has 0 aromatic heterocycles. The van der Waals surface area contributed by atoms with E-state index in [9.17, 15) is 4.79 Å². The zero-order valence-electron chi connectivity index (χ0n) is 39.9. The van der Waals surface area contributed by atoms with Crippen molar-refractivity contribution in [3.05, 3.63) is 204 Å². The van der Waals surface area contributed by atoms with Crippen LogP contribution in [0.15, 0.2) is 192 Å². The lowest BCUT2D eigenvalue weighted by Crippen LogP contribution is -2.27. The molecule has 2 aliphatic carbocycles. The van der Waals surface area contributed by atoms with Crippen LogP contribution in [0.1, 0.15) is 61.3 Å². The predicted octanol–water partition coefficient (Wildman–Crippen LogP) is 15.4. The van der Waals surface area contributed by atoms with E-state index in [1.165, 1.54) is 18.1 Å². The first-order chi connectivity index (χ1) is 35.1. The van der Waals surface area contributed by atoms with E-state index < -0.39 is 12.3 Å². The second-order valence-electron chi connectivity index (χ2n) is 19.0. The zero-order chi connectivity index (χ0) is 47.7. The highest BCUT2D eigenvalue weighted by atomic mass is 16.7. The maximum Gasteiger partial charge on any atom is 0.305 e. The third-order valence-corrected chi connectivity index (χ3v) is 14.5. The van der Waals surface area contributed by atoms with E-state index in [0.29, 0.717) is 5.75 Å². The molecule has 0 bridgehead atoms. The molecule has 0 spiro atoms. The van der Waals surface area contributed by atoms with Crippen molar-refractivity contribution in [2.45, 2.75) is 70.2 Å². The molecule has 0 amide bonds. The number of nitrogens with zero attached hydrogens (tertiary/aromatic N) is 2. The number of aliphatic imine (C=N–C) groups is 2. The highest BCUT2D eigenvalue weighted by Crippen LogP contribution is 2.50. The van der Waals surface area contributed by atoms with Gasteiger partial charge in [-0.3, -0.25) is 14.8 Å². The van der Waals surface area contributed by atoms with Crippen molar-refractivity contribution >= 4 is 50.7 Å². The standard InChI is InChI=1S/C65H54N2O4/c1-42(68)70-59-36-37-69-64-49(38-47-24-10-14-28-53(47)62(64)60-51-26-12-8-22-45(51)32-34-55(60)43-18-4-2-5-19-43)40-66-57-30-16-17-31-58(57)67-41-50-39-48-25-11-15-29-54(48)63(65(50)71-59)61-52-27-13-9-23-46(52)33-35-56(61)44-20-6-3-7-21-44/h2-15,18-22,24-26,28-29,32-35,38-41,57-59H,16-17,23,27,30-31,36-37H2,1H3/b66-40+,67-41+/t57?,58-,59?/m0/s1. The molecule has 6 nitrogen and oxygen atoms in total. The Labute approximate surface area is 415 Å². The van der Waals surface area contributed by atoms with Crippen molar-refractivity contribution in [2.24, 2.45) is 9.98 Å². The number of carbonyl (C=O) groups is 1. The number of hydrogen-bond donors (Lipinski definition) is 0. The maximum absolute atomic E-state index is 13.3. The minimum atomic E-state index is -1.01. The zero-order valence-corrected chi connectivity index (χ0v) is 39.9. The molecule has 0 saturated heterocycles. The van der Waals surface area contributed by atoms with Crippen LogP contribution in [0, 0.1) is 0 Å². The second kappa shape index (κ2) is 19.4. The molecular weight excluding hydrogens is 873 g/mol. The molecule has 1 fully saturated rings. The van der Waals surface area contributed by atoms with Gasteiger partial charge in [0.05, 0.1) is 25.1 Å². The Morgan fingerprint density at radius 3 is 1.68 bits per heavy atom. The Morgan fingerprint density at radius 1 is 0.521 bits per heavy atom. The smallest absolute Gasteiger partial charge is 0.305 e. The second-order valence-corrected chi connectivity index (χ2v) is 19.0. The Hall–Kier alpha value is -8.09. The van der Waals surface area contributed by atoms with E-state index in [1.54, 1.807) is 0 Å². The highest BCUT2D eigenvalue weighted by molar-refractivity contribution is 6.15. The average molecular weight is 927 g/mol. The number of carbonyl (C=O) groups excluding carboxylic acids is 1. The van der Waals surface area contributed by atoms with Gasteiger partial charge in [0.15, 0.2) is 0 Å². The van der Waals surface area contributed by atoms with Gasteiger partial charge in [-0.25, -0.2) is 0 Å². The van der Waals surface area contributed by atoms with Crippen LogP contribution in [0.5, 0.6) is 11.5 Å². The van der Waals surface area contributed by atoms with Gasteiger partial charge in [-0.1, -0.05) is 183 Å². The summed E-state index contributed by atoms with van der Waals surface area (Å²) in [7, 11) is 0. The van der Waals surface area contributed by atoms with Gasteiger partial charge in [-0.05, 0) is 109 Å².